The van der Waals surface area contributed by atoms with Crippen molar-refractivity contribution in [2.75, 3.05) is 13.2 Å². The number of hydrogen-bond acceptors (Lipinski definition) is 4. The number of hydroxylamine groups is 2. The average Bonchev–Trinajstić information content (AvgIpc) is 3.07. The van der Waals surface area contributed by atoms with Gasteiger partial charge < -0.3 is 4.74 Å². The van der Waals surface area contributed by atoms with Gasteiger partial charge in [-0.25, -0.2) is 9.23 Å². The minimum Gasteiger partial charge on any atom is -0.466 e. The summed E-state index contributed by atoms with van der Waals surface area (Å²) in [4.78, 5) is 16.7. The molecule has 1 saturated heterocycles. The van der Waals surface area contributed by atoms with Crippen LogP contribution in [0.3, 0.4) is 0 Å². The third kappa shape index (κ3) is 3.57. The van der Waals surface area contributed by atoms with Crippen LogP contribution in [0.2, 0.25) is 0 Å². The molecule has 0 bridgehead atoms. The fraction of sp³-hybridized carbons (Fsp3) is 0.632. The Morgan fingerprint density at radius 1 is 1.00 bits per heavy atom. The number of fused-ring (bicyclic) bond motifs is 3. The summed E-state index contributed by atoms with van der Waals surface area (Å²) in [5.41, 5.74) is 0.155. The van der Waals surface area contributed by atoms with Gasteiger partial charge in [0, 0.05) is 6.54 Å². The van der Waals surface area contributed by atoms with Crippen LogP contribution in [0.1, 0.15) is 24.1 Å². The third-order valence-corrected chi connectivity index (χ3v) is 5.76. The first-order valence-electron chi connectivity index (χ1n) is 9.76. The molecule has 0 aromatic heterocycles. The van der Waals surface area contributed by atoms with Crippen LogP contribution in [0.15, 0.2) is 24.3 Å². The van der Waals surface area contributed by atoms with Crippen molar-refractivity contribution in [3.63, 3.8) is 0 Å². The van der Waals surface area contributed by atoms with Gasteiger partial charge in [-0.15, -0.1) is 0 Å². The number of carbonyl (C=O) groups excluding carboxylic acids is 1. The molecule has 0 saturated carbocycles. The third-order valence-electron chi connectivity index (χ3n) is 5.76. The normalized spacial score (nSPS) is 26.3. The van der Waals surface area contributed by atoms with Crippen molar-refractivity contribution in [1.82, 2.24) is 5.06 Å². The van der Waals surface area contributed by atoms with Crippen LogP contribution < -0.4 is 0 Å². The molecule has 3 atom stereocenters. The van der Waals surface area contributed by atoms with Gasteiger partial charge >= 0.3 is 41.7 Å². The van der Waals surface area contributed by atoms with Crippen molar-refractivity contribution < 1.29 is 67.1 Å². The number of benzene rings is 1. The average molecular weight is 533 g/mol. The molecular formula is C19H15F12NO3. The Morgan fingerprint density at radius 2 is 1.57 bits per heavy atom. The molecule has 16 heteroatoms. The second kappa shape index (κ2) is 8.15. The molecule has 0 spiro atoms. The zero-order valence-corrected chi connectivity index (χ0v) is 17.3. The molecule has 2 aliphatic rings. The van der Waals surface area contributed by atoms with Crippen molar-refractivity contribution in [2.24, 2.45) is 5.92 Å². The maximum atomic E-state index is 15.8. The quantitative estimate of drug-likeness (QED) is 0.359. The number of rotatable bonds is 6. The minimum absolute atomic E-state index is 0.0947. The molecule has 0 amide bonds. The summed E-state index contributed by atoms with van der Waals surface area (Å²) in [6, 6.07) is 3.26. The van der Waals surface area contributed by atoms with Crippen molar-refractivity contribution >= 4 is 5.97 Å². The lowest BCUT2D eigenvalue weighted by molar-refractivity contribution is -0.457. The second-order valence-electron chi connectivity index (χ2n) is 7.80. The van der Waals surface area contributed by atoms with Gasteiger partial charge in [-0.3, -0.25) is 4.79 Å². The molecule has 0 radical (unpaired) electrons. The molecule has 2 heterocycles. The van der Waals surface area contributed by atoms with Crippen molar-refractivity contribution in [3.05, 3.63) is 35.4 Å². The lowest BCUT2D eigenvalue weighted by atomic mass is 9.79. The Hall–Kier alpha value is -2.23. The molecule has 0 aliphatic carbocycles. The monoisotopic (exact) mass is 533 g/mol. The van der Waals surface area contributed by atoms with E-state index < -0.39 is 66.8 Å². The Kier molecular flexibility index (Phi) is 6.37. The number of esters is 1. The lowest BCUT2D eigenvalue weighted by Crippen LogP contribution is -2.72. The van der Waals surface area contributed by atoms with Crippen molar-refractivity contribution in [1.29, 1.82) is 0 Å². The number of halogens is 12. The number of nitrogens with zero attached hydrogens (tertiary/aromatic N) is 1. The fourth-order valence-electron chi connectivity index (χ4n) is 4.01. The van der Waals surface area contributed by atoms with Crippen LogP contribution in [0.5, 0.6) is 0 Å². The first-order valence-corrected chi connectivity index (χ1v) is 9.76. The van der Waals surface area contributed by atoms with E-state index in [9.17, 15) is 53.1 Å². The molecule has 0 N–H and O–H groups in total. The predicted octanol–water partition coefficient (Wildman–Crippen LogP) is 5.48. The van der Waals surface area contributed by atoms with E-state index in [1.807, 2.05) is 0 Å². The summed E-state index contributed by atoms with van der Waals surface area (Å²) in [5, 5.41) is 0.244. The van der Waals surface area contributed by atoms with Gasteiger partial charge in [0.2, 0.25) is 0 Å². The van der Waals surface area contributed by atoms with Gasteiger partial charge in [-0.1, -0.05) is 24.3 Å². The molecule has 1 aromatic rings. The summed E-state index contributed by atoms with van der Waals surface area (Å²) in [7, 11) is 0. The maximum Gasteiger partial charge on any atom is 0.460 e. The summed E-state index contributed by atoms with van der Waals surface area (Å²) in [6.07, 6.45) is -7.52. The highest BCUT2D eigenvalue weighted by molar-refractivity contribution is 5.76. The van der Waals surface area contributed by atoms with Crippen LogP contribution >= 0.6 is 0 Å². The van der Waals surface area contributed by atoms with Gasteiger partial charge in [0.15, 0.2) is 0 Å². The highest BCUT2D eigenvalue weighted by Crippen LogP contribution is 2.64. The molecule has 1 fully saturated rings. The molecule has 2 aliphatic heterocycles. The number of carbonyl (C=O) groups is 1. The Morgan fingerprint density at radius 3 is 2.11 bits per heavy atom. The van der Waals surface area contributed by atoms with Crippen molar-refractivity contribution in [2.45, 2.75) is 55.1 Å². The van der Waals surface area contributed by atoms with E-state index in [2.05, 4.69) is 9.57 Å². The predicted molar refractivity (Wildman–Crippen MR) is 90.5 cm³/mol. The molecular weight excluding hydrogens is 518 g/mol. The Labute approximate surface area is 188 Å². The maximum absolute atomic E-state index is 15.8. The summed E-state index contributed by atoms with van der Waals surface area (Å²) >= 11 is 0. The van der Waals surface area contributed by atoms with E-state index in [0.717, 1.165) is 13.0 Å². The number of alkyl halides is 12. The zero-order valence-electron chi connectivity index (χ0n) is 17.3. The van der Waals surface area contributed by atoms with Gasteiger partial charge in [-0.2, -0.15) is 53.4 Å². The van der Waals surface area contributed by atoms with Crippen LogP contribution in [-0.2, 0) is 20.8 Å². The standard InChI is InChI=1S/C19H15F12NO3/c1-2-34-13(33)11-12-10-6-4-3-5-9(10)7-8-32(12)35-14(11,20)15(21,22)16(23,24)17(25,26)18(27,28)19(29,30)31/h3-6,11-12H,2,7-8H2,1H3/t11-,12-,14+/m1/s1. The Balaban J connectivity index is 2.19. The highest BCUT2D eigenvalue weighted by Gasteiger charge is 2.92. The van der Waals surface area contributed by atoms with Crippen LogP contribution in [0.25, 0.3) is 0 Å². The van der Waals surface area contributed by atoms with Gasteiger partial charge in [0.05, 0.1) is 12.6 Å². The molecule has 35 heavy (non-hydrogen) atoms. The smallest absolute Gasteiger partial charge is 0.460 e. The Bertz CT molecular complexity index is 982. The van der Waals surface area contributed by atoms with E-state index in [1.54, 1.807) is 0 Å². The van der Waals surface area contributed by atoms with Gasteiger partial charge in [0.1, 0.15) is 5.92 Å². The first kappa shape index (κ1) is 27.4. The summed E-state index contributed by atoms with van der Waals surface area (Å²) in [6.45, 7) is -0.116. The van der Waals surface area contributed by atoms with Gasteiger partial charge in [-0.05, 0) is 24.5 Å². The molecule has 0 unspecified atom stereocenters. The van der Waals surface area contributed by atoms with Crippen molar-refractivity contribution in [3.8, 4) is 0 Å². The second-order valence-corrected chi connectivity index (χ2v) is 7.80. The van der Waals surface area contributed by atoms with Crippen LogP contribution in [0.4, 0.5) is 52.7 Å². The SMILES string of the molecule is CCOC(=O)[C@H]1[C@H]2c3ccccc3CCN2O[C@]1(F)C(F)(F)C(F)(F)C(F)(F)C(F)(F)C(F)(F)F. The van der Waals surface area contributed by atoms with E-state index in [1.165, 1.54) is 18.2 Å². The topological polar surface area (TPSA) is 38.8 Å². The van der Waals surface area contributed by atoms with Crippen LogP contribution in [0, 0.1) is 5.92 Å². The van der Waals surface area contributed by atoms with Gasteiger partial charge in [0.25, 0.3) is 0 Å². The summed E-state index contributed by atoms with van der Waals surface area (Å²) in [5.74, 6) is -41.1. The van der Waals surface area contributed by atoms with E-state index in [4.69, 9.17) is 0 Å². The van der Waals surface area contributed by atoms with E-state index in [0.29, 0.717) is 5.56 Å². The number of ether oxygens (including phenoxy) is 1. The number of hydrogen-bond donors (Lipinski definition) is 0. The molecule has 4 nitrogen and oxygen atoms in total. The molecule has 1 aromatic carbocycles. The summed E-state index contributed by atoms with van der Waals surface area (Å²) < 4.78 is 170. The fourth-order valence-corrected chi connectivity index (χ4v) is 4.01. The lowest BCUT2D eigenvalue weighted by Gasteiger charge is -2.41. The highest BCUT2D eigenvalue weighted by atomic mass is 19.4. The minimum atomic E-state index is -7.87. The van der Waals surface area contributed by atoms with Crippen LogP contribution in [-0.4, -0.2) is 59.9 Å². The van der Waals surface area contributed by atoms with E-state index in [-0.39, 0.29) is 17.0 Å². The molecule has 3 rings (SSSR count). The molecule has 198 valence electrons. The zero-order chi connectivity index (χ0) is 26.8. The largest absolute Gasteiger partial charge is 0.466 e. The van der Waals surface area contributed by atoms with E-state index >= 15 is 4.39 Å². The first-order chi connectivity index (χ1) is 15.8.